The van der Waals surface area contributed by atoms with Gasteiger partial charge in [-0.2, -0.15) is 0 Å². The van der Waals surface area contributed by atoms with Gasteiger partial charge >= 0.3 is 0 Å². The third-order valence-corrected chi connectivity index (χ3v) is 6.27. The quantitative estimate of drug-likeness (QED) is 0.873. The number of ether oxygens (including phenoxy) is 1. The summed E-state index contributed by atoms with van der Waals surface area (Å²) in [5.74, 6) is 3.14. The molecular formula is C15H21NO2S2. The van der Waals surface area contributed by atoms with Gasteiger partial charge in [0.1, 0.15) is 5.75 Å². The lowest BCUT2D eigenvalue weighted by Gasteiger charge is -2.13. The second-order valence-electron chi connectivity index (χ2n) is 4.81. The van der Waals surface area contributed by atoms with Crippen molar-refractivity contribution < 1.29 is 9.53 Å². The summed E-state index contributed by atoms with van der Waals surface area (Å²) < 4.78 is 6.06. The summed E-state index contributed by atoms with van der Waals surface area (Å²) in [5.41, 5.74) is 1.33. The number of carbonyl (C=O) groups is 1. The summed E-state index contributed by atoms with van der Waals surface area (Å²) in [6, 6.07) is 8.29. The van der Waals surface area contributed by atoms with E-state index in [0.717, 1.165) is 12.2 Å². The molecule has 0 bridgehead atoms. The molecule has 2 rings (SSSR count). The molecular weight excluding hydrogens is 290 g/mol. The predicted molar refractivity (Wildman–Crippen MR) is 87.5 cm³/mol. The molecule has 1 atom stereocenters. The predicted octanol–water partition coefficient (Wildman–Crippen LogP) is 3.46. The van der Waals surface area contributed by atoms with Gasteiger partial charge in [0, 0.05) is 17.5 Å². The topological polar surface area (TPSA) is 38.3 Å². The maximum absolute atomic E-state index is 11.6. The molecule has 110 valence electrons. The van der Waals surface area contributed by atoms with Crippen molar-refractivity contribution in [3.8, 4) is 5.75 Å². The van der Waals surface area contributed by atoms with Crippen LogP contribution in [0.5, 0.6) is 5.75 Å². The van der Waals surface area contributed by atoms with E-state index in [1.165, 1.54) is 17.1 Å². The number of amides is 1. The van der Waals surface area contributed by atoms with Gasteiger partial charge in [0.15, 0.2) is 6.61 Å². The Morgan fingerprint density at radius 2 is 2.00 bits per heavy atom. The largest absolute Gasteiger partial charge is 0.484 e. The van der Waals surface area contributed by atoms with E-state index in [-0.39, 0.29) is 18.6 Å². The first-order valence-electron chi connectivity index (χ1n) is 6.94. The van der Waals surface area contributed by atoms with E-state index in [0.29, 0.717) is 4.58 Å². The van der Waals surface area contributed by atoms with Gasteiger partial charge in [0.2, 0.25) is 0 Å². The minimum atomic E-state index is -0.0645. The minimum Gasteiger partial charge on any atom is -0.484 e. The summed E-state index contributed by atoms with van der Waals surface area (Å²) in [6.07, 6.45) is 0.928. The van der Waals surface area contributed by atoms with Gasteiger partial charge in [0.25, 0.3) is 5.91 Å². The van der Waals surface area contributed by atoms with Crippen molar-refractivity contribution in [3.05, 3.63) is 29.8 Å². The van der Waals surface area contributed by atoms with Crippen LogP contribution in [0.3, 0.4) is 0 Å². The van der Waals surface area contributed by atoms with Crippen LogP contribution < -0.4 is 10.1 Å². The van der Waals surface area contributed by atoms with Gasteiger partial charge in [-0.1, -0.05) is 19.1 Å². The molecule has 1 aliphatic heterocycles. The molecule has 0 radical (unpaired) electrons. The summed E-state index contributed by atoms with van der Waals surface area (Å²) in [5, 5.41) is 2.89. The fourth-order valence-electron chi connectivity index (χ4n) is 1.84. The van der Waals surface area contributed by atoms with Crippen molar-refractivity contribution in [2.75, 3.05) is 18.1 Å². The van der Waals surface area contributed by atoms with Crippen molar-refractivity contribution in [2.45, 2.75) is 30.9 Å². The average Bonchev–Trinajstić information content (AvgIpc) is 2.99. The van der Waals surface area contributed by atoms with Gasteiger partial charge < -0.3 is 10.1 Å². The summed E-state index contributed by atoms with van der Waals surface area (Å²) >= 11 is 3.97. The lowest BCUT2D eigenvalue weighted by molar-refractivity contribution is -0.123. The van der Waals surface area contributed by atoms with E-state index >= 15 is 0 Å². The molecule has 0 unspecified atom stereocenters. The molecule has 3 nitrogen and oxygen atoms in total. The van der Waals surface area contributed by atoms with Crippen LogP contribution in [0.25, 0.3) is 0 Å². The van der Waals surface area contributed by atoms with E-state index < -0.39 is 0 Å². The van der Waals surface area contributed by atoms with Crippen LogP contribution in [0, 0.1) is 0 Å². The number of thioether (sulfide) groups is 2. The van der Waals surface area contributed by atoms with E-state index in [9.17, 15) is 4.79 Å². The number of hydrogen-bond acceptors (Lipinski definition) is 4. The molecule has 1 aliphatic rings. The van der Waals surface area contributed by atoms with Crippen molar-refractivity contribution in [1.29, 1.82) is 0 Å². The fraction of sp³-hybridized carbons (Fsp3) is 0.533. The van der Waals surface area contributed by atoms with Gasteiger partial charge in [-0.25, -0.2) is 0 Å². The Morgan fingerprint density at radius 3 is 2.60 bits per heavy atom. The number of carbonyl (C=O) groups excluding carboxylic acids is 1. The van der Waals surface area contributed by atoms with E-state index in [4.69, 9.17) is 4.74 Å². The maximum atomic E-state index is 11.6. The Kier molecular flexibility index (Phi) is 6.10. The van der Waals surface area contributed by atoms with E-state index in [1.807, 2.05) is 49.5 Å². The van der Waals surface area contributed by atoms with Crippen LogP contribution in [0.15, 0.2) is 24.3 Å². The number of nitrogens with one attached hydrogen (secondary N) is 1. The van der Waals surface area contributed by atoms with Crippen LogP contribution in [0.4, 0.5) is 0 Å². The molecule has 0 spiro atoms. The number of benzene rings is 1. The zero-order chi connectivity index (χ0) is 14.4. The van der Waals surface area contributed by atoms with Gasteiger partial charge in [-0.3, -0.25) is 4.79 Å². The zero-order valence-electron chi connectivity index (χ0n) is 11.9. The first kappa shape index (κ1) is 15.6. The first-order valence-corrected chi connectivity index (χ1v) is 9.04. The average molecular weight is 311 g/mol. The van der Waals surface area contributed by atoms with Gasteiger partial charge in [-0.05, 0) is 31.0 Å². The van der Waals surface area contributed by atoms with Crippen LogP contribution in [-0.4, -0.2) is 30.1 Å². The third-order valence-electron chi connectivity index (χ3n) is 3.16. The standard InChI is InChI=1S/C15H21NO2S2/c1-3-11(2)16-14(17)10-18-13-6-4-12(5-7-13)15-19-8-9-20-15/h4-7,11,15H,3,8-10H2,1-2H3,(H,16,17)/t11-/m0/s1. The van der Waals surface area contributed by atoms with Crippen molar-refractivity contribution >= 4 is 29.4 Å². The molecule has 20 heavy (non-hydrogen) atoms. The van der Waals surface area contributed by atoms with Crippen LogP contribution in [0.1, 0.15) is 30.4 Å². The van der Waals surface area contributed by atoms with Crippen LogP contribution in [0.2, 0.25) is 0 Å². The normalized spacial score (nSPS) is 16.9. The van der Waals surface area contributed by atoms with Crippen molar-refractivity contribution in [1.82, 2.24) is 5.32 Å². The highest BCUT2D eigenvalue weighted by Gasteiger charge is 2.17. The summed E-state index contributed by atoms with van der Waals surface area (Å²) in [7, 11) is 0. The Hall–Kier alpha value is -0.810. The fourth-order valence-corrected chi connectivity index (χ4v) is 4.70. The molecule has 1 N–H and O–H groups in total. The molecule has 1 amide bonds. The molecule has 0 aliphatic carbocycles. The van der Waals surface area contributed by atoms with E-state index in [2.05, 4.69) is 17.4 Å². The molecule has 0 saturated carbocycles. The van der Waals surface area contributed by atoms with Gasteiger partial charge in [0.05, 0.1) is 4.58 Å². The molecule has 1 aromatic rings. The lowest BCUT2D eigenvalue weighted by atomic mass is 10.2. The minimum absolute atomic E-state index is 0.0645. The second-order valence-corrected chi connectivity index (χ2v) is 7.53. The first-order chi connectivity index (χ1) is 9.69. The lowest BCUT2D eigenvalue weighted by Crippen LogP contribution is -2.35. The van der Waals surface area contributed by atoms with E-state index in [1.54, 1.807) is 0 Å². The van der Waals surface area contributed by atoms with Crippen LogP contribution in [-0.2, 0) is 4.79 Å². The highest BCUT2D eigenvalue weighted by molar-refractivity contribution is 8.19. The molecule has 1 fully saturated rings. The maximum Gasteiger partial charge on any atom is 0.258 e. The highest BCUT2D eigenvalue weighted by Crippen LogP contribution is 2.45. The van der Waals surface area contributed by atoms with Gasteiger partial charge in [-0.15, -0.1) is 23.5 Å². The Labute approximate surface area is 129 Å². The second kappa shape index (κ2) is 7.84. The molecule has 1 aromatic carbocycles. The number of hydrogen-bond donors (Lipinski definition) is 1. The molecule has 5 heteroatoms. The Bertz CT molecular complexity index is 430. The zero-order valence-corrected chi connectivity index (χ0v) is 13.6. The summed E-state index contributed by atoms with van der Waals surface area (Å²) in [6.45, 7) is 4.11. The monoisotopic (exact) mass is 311 g/mol. The highest BCUT2D eigenvalue weighted by atomic mass is 32.2. The Morgan fingerprint density at radius 1 is 1.35 bits per heavy atom. The molecule has 1 heterocycles. The van der Waals surface area contributed by atoms with Crippen molar-refractivity contribution in [2.24, 2.45) is 0 Å². The molecule has 0 aromatic heterocycles. The smallest absolute Gasteiger partial charge is 0.258 e. The van der Waals surface area contributed by atoms with Crippen molar-refractivity contribution in [3.63, 3.8) is 0 Å². The SMILES string of the molecule is CC[C@H](C)NC(=O)COc1ccc(C2SCCS2)cc1. The Balaban J connectivity index is 1.80. The summed E-state index contributed by atoms with van der Waals surface area (Å²) in [4.78, 5) is 11.6. The van der Waals surface area contributed by atoms with Crippen LogP contribution >= 0.6 is 23.5 Å². The third kappa shape index (κ3) is 4.63. The number of rotatable bonds is 6. The molecule has 1 saturated heterocycles.